The number of rotatable bonds is 5. The van der Waals surface area contributed by atoms with E-state index in [1.54, 1.807) is 36.4 Å². The Bertz CT molecular complexity index is 1110. The van der Waals surface area contributed by atoms with Gasteiger partial charge in [-0.2, -0.15) is 10.2 Å². The summed E-state index contributed by atoms with van der Waals surface area (Å²) in [5.41, 5.74) is 3.43. The molecule has 0 aliphatic carbocycles. The van der Waals surface area contributed by atoms with E-state index in [9.17, 15) is 9.65 Å². The largest absolute Gasteiger partial charge is 0.381 e. The summed E-state index contributed by atoms with van der Waals surface area (Å²) in [5.74, 6) is 0.648. The minimum Gasteiger partial charge on any atom is -0.381 e. The Morgan fingerprint density at radius 3 is 2.73 bits per heavy atom. The predicted octanol–water partition coefficient (Wildman–Crippen LogP) is 3.19. The molecule has 1 N–H and O–H groups in total. The molecule has 2 aromatic heterocycles. The fourth-order valence-corrected chi connectivity index (χ4v) is 2.49. The number of fused-ring (bicyclic) bond motifs is 1. The number of nitrogens with one attached hydrogen (secondary N) is 1. The molecular formula is C17H11FN6O2. The molecule has 0 saturated carbocycles. The maximum absolute atomic E-state index is 12.3. The second-order valence-corrected chi connectivity index (χ2v) is 5.38. The molecule has 2 heterocycles. The van der Waals surface area contributed by atoms with Crippen LogP contribution in [0.2, 0.25) is 0 Å². The molecule has 4 aromatic rings. The van der Waals surface area contributed by atoms with Crippen molar-refractivity contribution in [2.24, 2.45) is 0 Å². The van der Waals surface area contributed by atoms with Gasteiger partial charge in [0, 0.05) is 17.7 Å². The van der Waals surface area contributed by atoms with Gasteiger partial charge >= 0.3 is 0 Å². The zero-order valence-corrected chi connectivity index (χ0v) is 13.3. The SMILES string of the molecule is N#Cc1cc(-c2nc(-c3ccc4nonc4c3)no2)ccc1NCCF. The van der Waals surface area contributed by atoms with Gasteiger partial charge in [0.1, 0.15) is 23.8 Å². The van der Waals surface area contributed by atoms with Crippen LogP contribution in [0, 0.1) is 11.3 Å². The van der Waals surface area contributed by atoms with E-state index >= 15 is 0 Å². The summed E-state index contributed by atoms with van der Waals surface area (Å²) >= 11 is 0. The standard InChI is InChI=1S/C17H11FN6O2/c18-5-6-20-13-3-2-11(7-12(13)9-19)17-21-16(24-25-17)10-1-4-14-15(8-10)23-26-22-14/h1-4,7-8,20H,5-6H2. The fraction of sp³-hybridized carbons (Fsp3) is 0.118. The van der Waals surface area contributed by atoms with Gasteiger partial charge in [0.25, 0.3) is 5.89 Å². The van der Waals surface area contributed by atoms with E-state index in [1.165, 1.54) is 0 Å². The van der Waals surface area contributed by atoms with Crippen LogP contribution in [0.15, 0.2) is 45.6 Å². The number of benzene rings is 2. The van der Waals surface area contributed by atoms with Crippen LogP contribution in [0.5, 0.6) is 0 Å². The van der Waals surface area contributed by atoms with Gasteiger partial charge in [0.15, 0.2) is 0 Å². The van der Waals surface area contributed by atoms with E-state index in [-0.39, 0.29) is 12.4 Å². The van der Waals surface area contributed by atoms with Crippen molar-refractivity contribution in [2.75, 3.05) is 18.5 Å². The third-order valence-electron chi connectivity index (χ3n) is 3.73. The number of nitriles is 1. The predicted molar refractivity (Wildman–Crippen MR) is 89.7 cm³/mol. The van der Waals surface area contributed by atoms with Gasteiger partial charge < -0.3 is 9.84 Å². The first kappa shape index (κ1) is 15.7. The second kappa shape index (κ2) is 6.60. The Balaban J connectivity index is 1.66. The third kappa shape index (κ3) is 2.84. The number of halogens is 1. The quantitative estimate of drug-likeness (QED) is 0.584. The first-order valence-corrected chi connectivity index (χ1v) is 7.69. The molecule has 128 valence electrons. The van der Waals surface area contributed by atoms with Crippen molar-refractivity contribution in [3.05, 3.63) is 42.0 Å². The Kier molecular flexibility index (Phi) is 3.99. The fourth-order valence-electron chi connectivity index (χ4n) is 2.49. The summed E-state index contributed by atoms with van der Waals surface area (Å²) in [6.07, 6.45) is 0. The molecule has 0 atom stereocenters. The minimum atomic E-state index is -0.523. The average Bonchev–Trinajstić information content (AvgIpc) is 3.34. The number of nitrogens with zero attached hydrogens (tertiary/aromatic N) is 5. The van der Waals surface area contributed by atoms with Crippen molar-refractivity contribution in [2.45, 2.75) is 0 Å². The smallest absolute Gasteiger partial charge is 0.258 e. The summed E-state index contributed by atoms with van der Waals surface area (Å²) in [6, 6.07) is 12.4. The molecule has 26 heavy (non-hydrogen) atoms. The van der Waals surface area contributed by atoms with Gasteiger partial charge in [-0.05, 0) is 46.7 Å². The molecule has 0 fully saturated rings. The number of aromatic nitrogens is 4. The maximum Gasteiger partial charge on any atom is 0.258 e. The van der Waals surface area contributed by atoms with Crippen LogP contribution in [0.4, 0.5) is 10.1 Å². The molecule has 0 aliphatic rings. The zero-order chi connectivity index (χ0) is 17.9. The number of anilines is 1. The normalized spacial score (nSPS) is 10.8. The molecule has 0 aliphatic heterocycles. The van der Waals surface area contributed by atoms with Crippen molar-refractivity contribution in [3.8, 4) is 28.9 Å². The highest BCUT2D eigenvalue weighted by molar-refractivity contribution is 5.79. The molecule has 0 unspecified atom stereocenters. The molecular weight excluding hydrogens is 339 g/mol. The Morgan fingerprint density at radius 1 is 1.04 bits per heavy atom. The zero-order valence-electron chi connectivity index (χ0n) is 13.3. The van der Waals surface area contributed by atoms with E-state index < -0.39 is 6.67 Å². The highest BCUT2D eigenvalue weighted by Crippen LogP contribution is 2.27. The molecule has 4 rings (SSSR count). The van der Waals surface area contributed by atoms with Gasteiger partial charge in [0.05, 0.1) is 11.3 Å². The molecule has 2 aromatic carbocycles. The highest BCUT2D eigenvalue weighted by atomic mass is 19.1. The van der Waals surface area contributed by atoms with Crippen LogP contribution in [-0.2, 0) is 0 Å². The number of hydrogen-bond donors (Lipinski definition) is 1. The summed E-state index contributed by atoms with van der Waals surface area (Å²) in [7, 11) is 0. The van der Waals surface area contributed by atoms with Gasteiger partial charge in [-0.25, -0.2) is 9.02 Å². The lowest BCUT2D eigenvalue weighted by atomic mass is 10.1. The first-order chi connectivity index (χ1) is 12.8. The van der Waals surface area contributed by atoms with Crippen LogP contribution in [0.25, 0.3) is 33.9 Å². The Hall–Kier alpha value is -3.80. The average molecular weight is 350 g/mol. The molecule has 0 amide bonds. The third-order valence-corrected chi connectivity index (χ3v) is 3.73. The Morgan fingerprint density at radius 2 is 1.88 bits per heavy atom. The maximum atomic E-state index is 12.3. The van der Waals surface area contributed by atoms with E-state index in [1.807, 2.05) is 0 Å². The van der Waals surface area contributed by atoms with Crippen molar-refractivity contribution < 1.29 is 13.5 Å². The lowest BCUT2D eigenvalue weighted by Crippen LogP contribution is -2.04. The number of alkyl halides is 1. The van der Waals surface area contributed by atoms with Crippen molar-refractivity contribution in [1.29, 1.82) is 5.26 Å². The summed E-state index contributed by atoms with van der Waals surface area (Å²) in [4.78, 5) is 4.36. The second-order valence-electron chi connectivity index (χ2n) is 5.38. The number of hydrogen-bond acceptors (Lipinski definition) is 8. The monoisotopic (exact) mass is 350 g/mol. The lowest BCUT2D eigenvalue weighted by molar-refractivity contribution is 0.315. The molecule has 0 spiro atoms. The molecule has 0 bridgehead atoms. The topological polar surface area (TPSA) is 114 Å². The van der Waals surface area contributed by atoms with Crippen LogP contribution in [0.3, 0.4) is 0 Å². The van der Waals surface area contributed by atoms with Crippen molar-refractivity contribution in [1.82, 2.24) is 20.5 Å². The van der Waals surface area contributed by atoms with Crippen LogP contribution in [0.1, 0.15) is 5.56 Å². The highest BCUT2D eigenvalue weighted by Gasteiger charge is 2.14. The van der Waals surface area contributed by atoms with E-state index in [2.05, 4.69) is 36.5 Å². The summed E-state index contributed by atoms with van der Waals surface area (Å²) in [6.45, 7) is -0.386. The van der Waals surface area contributed by atoms with Gasteiger partial charge in [-0.1, -0.05) is 5.16 Å². The lowest BCUT2D eigenvalue weighted by Gasteiger charge is -2.06. The van der Waals surface area contributed by atoms with Gasteiger partial charge in [-0.15, -0.1) is 0 Å². The molecule has 9 heteroatoms. The first-order valence-electron chi connectivity index (χ1n) is 7.69. The molecule has 0 radical (unpaired) electrons. The van der Waals surface area contributed by atoms with E-state index in [0.717, 1.165) is 0 Å². The van der Waals surface area contributed by atoms with E-state index in [0.29, 0.717) is 39.2 Å². The molecule has 0 saturated heterocycles. The van der Waals surface area contributed by atoms with Crippen molar-refractivity contribution >= 4 is 16.7 Å². The van der Waals surface area contributed by atoms with Crippen LogP contribution in [-0.4, -0.2) is 33.7 Å². The Labute approximate surface area is 146 Å². The van der Waals surface area contributed by atoms with Crippen molar-refractivity contribution in [3.63, 3.8) is 0 Å². The summed E-state index contributed by atoms with van der Waals surface area (Å²) in [5, 5.41) is 23.6. The van der Waals surface area contributed by atoms with E-state index in [4.69, 9.17) is 4.52 Å². The van der Waals surface area contributed by atoms with Gasteiger partial charge in [-0.3, -0.25) is 0 Å². The van der Waals surface area contributed by atoms with Crippen LogP contribution >= 0.6 is 0 Å². The van der Waals surface area contributed by atoms with Crippen LogP contribution < -0.4 is 5.32 Å². The summed E-state index contributed by atoms with van der Waals surface area (Å²) < 4.78 is 22.3. The minimum absolute atomic E-state index is 0.137. The van der Waals surface area contributed by atoms with Gasteiger partial charge in [0.2, 0.25) is 5.82 Å². The molecule has 8 nitrogen and oxygen atoms in total.